The molecule has 1 heterocycles. The number of anilines is 1. The molecule has 0 aliphatic heterocycles. The third kappa shape index (κ3) is 5.11. The molecular formula is C23H16ClN3O2S. The van der Waals surface area contributed by atoms with Gasteiger partial charge in [0.15, 0.2) is 0 Å². The van der Waals surface area contributed by atoms with Gasteiger partial charge >= 0.3 is 5.97 Å². The van der Waals surface area contributed by atoms with Crippen LogP contribution in [-0.4, -0.2) is 17.2 Å². The molecule has 4 aromatic rings. The quantitative estimate of drug-likeness (QED) is 0.172. The van der Waals surface area contributed by atoms with E-state index in [1.165, 1.54) is 11.3 Å². The molecule has 0 saturated heterocycles. The van der Waals surface area contributed by atoms with Crippen LogP contribution in [0.2, 0.25) is 5.02 Å². The van der Waals surface area contributed by atoms with E-state index >= 15 is 0 Å². The summed E-state index contributed by atoms with van der Waals surface area (Å²) in [5, 5.41) is 7.45. The Labute approximate surface area is 182 Å². The van der Waals surface area contributed by atoms with Gasteiger partial charge in [-0.2, -0.15) is 5.10 Å². The van der Waals surface area contributed by atoms with Crippen LogP contribution in [0, 0.1) is 0 Å². The van der Waals surface area contributed by atoms with Crippen molar-refractivity contribution in [2.24, 2.45) is 5.10 Å². The molecule has 7 heteroatoms. The van der Waals surface area contributed by atoms with E-state index in [1.54, 1.807) is 48.7 Å². The second-order valence-electron chi connectivity index (χ2n) is 6.24. The van der Waals surface area contributed by atoms with Crippen molar-refractivity contribution in [1.82, 2.24) is 4.98 Å². The molecule has 0 aliphatic rings. The maximum Gasteiger partial charge on any atom is 0.343 e. The number of nitrogens with one attached hydrogen (secondary N) is 1. The minimum atomic E-state index is -0.449. The molecule has 0 fully saturated rings. The number of aromatic nitrogens is 1. The number of carbonyl (C=O) groups is 1. The summed E-state index contributed by atoms with van der Waals surface area (Å²) >= 11 is 7.32. The smallest absolute Gasteiger partial charge is 0.343 e. The van der Waals surface area contributed by atoms with Gasteiger partial charge in [-0.3, -0.25) is 5.43 Å². The van der Waals surface area contributed by atoms with Gasteiger partial charge in [0.1, 0.15) is 5.75 Å². The van der Waals surface area contributed by atoms with Crippen LogP contribution >= 0.6 is 22.9 Å². The van der Waals surface area contributed by atoms with E-state index in [4.69, 9.17) is 16.3 Å². The zero-order valence-electron chi connectivity index (χ0n) is 15.7. The minimum Gasteiger partial charge on any atom is -0.423 e. The highest BCUT2D eigenvalue weighted by Crippen LogP contribution is 2.24. The molecule has 148 valence electrons. The SMILES string of the molecule is O=C(Oc1cccc(C=NNc2nc(-c3ccccc3)cs2)c1)c1ccc(Cl)cc1. The van der Waals surface area contributed by atoms with Crippen molar-refractivity contribution in [3.05, 3.63) is 100 Å². The van der Waals surface area contributed by atoms with Crippen molar-refractivity contribution in [3.63, 3.8) is 0 Å². The number of carbonyl (C=O) groups excluding carboxylic acids is 1. The van der Waals surface area contributed by atoms with E-state index in [0.29, 0.717) is 21.5 Å². The van der Waals surface area contributed by atoms with E-state index < -0.39 is 5.97 Å². The molecule has 4 rings (SSSR count). The van der Waals surface area contributed by atoms with E-state index in [2.05, 4.69) is 15.5 Å². The normalized spacial score (nSPS) is 10.8. The van der Waals surface area contributed by atoms with Crippen LogP contribution in [0.25, 0.3) is 11.3 Å². The Balaban J connectivity index is 1.38. The molecular weight excluding hydrogens is 418 g/mol. The van der Waals surface area contributed by atoms with Crippen molar-refractivity contribution in [2.45, 2.75) is 0 Å². The Kier molecular flexibility index (Phi) is 6.17. The Morgan fingerprint density at radius 1 is 1.03 bits per heavy atom. The third-order valence-electron chi connectivity index (χ3n) is 4.10. The van der Waals surface area contributed by atoms with Gasteiger partial charge in [-0.15, -0.1) is 11.3 Å². The van der Waals surface area contributed by atoms with Crippen molar-refractivity contribution in [3.8, 4) is 17.0 Å². The highest BCUT2D eigenvalue weighted by Gasteiger charge is 2.08. The lowest BCUT2D eigenvalue weighted by Gasteiger charge is -2.05. The summed E-state index contributed by atoms with van der Waals surface area (Å²) in [4.78, 5) is 16.8. The molecule has 1 N–H and O–H groups in total. The molecule has 0 aliphatic carbocycles. The lowest BCUT2D eigenvalue weighted by atomic mass is 10.2. The first-order valence-corrected chi connectivity index (χ1v) is 10.3. The predicted molar refractivity (Wildman–Crippen MR) is 122 cm³/mol. The van der Waals surface area contributed by atoms with Gasteiger partial charge in [-0.25, -0.2) is 9.78 Å². The van der Waals surface area contributed by atoms with Crippen LogP contribution in [0.1, 0.15) is 15.9 Å². The van der Waals surface area contributed by atoms with Crippen molar-refractivity contribution in [2.75, 3.05) is 5.43 Å². The molecule has 0 bridgehead atoms. The molecule has 30 heavy (non-hydrogen) atoms. The largest absolute Gasteiger partial charge is 0.423 e. The van der Waals surface area contributed by atoms with Crippen LogP contribution in [0.3, 0.4) is 0 Å². The first-order chi connectivity index (χ1) is 14.7. The van der Waals surface area contributed by atoms with Gasteiger partial charge in [0.05, 0.1) is 17.5 Å². The first-order valence-electron chi connectivity index (χ1n) is 9.05. The third-order valence-corrected chi connectivity index (χ3v) is 5.10. The number of halogens is 1. The summed E-state index contributed by atoms with van der Waals surface area (Å²) in [6, 6.07) is 23.6. The fourth-order valence-electron chi connectivity index (χ4n) is 2.64. The van der Waals surface area contributed by atoms with Gasteiger partial charge in [0, 0.05) is 16.0 Å². The maximum absolute atomic E-state index is 12.2. The standard InChI is InChI=1S/C23H16ClN3O2S/c24-19-11-9-18(10-12-19)22(28)29-20-8-4-5-16(13-20)14-25-27-23-26-21(15-30-23)17-6-2-1-3-7-17/h1-15H,(H,26,27). The molecule has 0 atom stereocenters. The number of hydrogen-bond acceptors (Lipinski definition) is 6. The van der Waals surface area contributed by atoms with E-state index in [1.807, 2.05) is 41.8 Å². The second kappa shape index (κ2) is 9.35. The number of ether oxygens (including phenoxy) is 1. The van der Waals surface area contributed by atoms with Crippen LogP contribution < -0.4 is 10.2 Å². The van der Waals surface area contributed by atoms with Gasteiger partial charge in [-0.05, 0) is 42.0 Å². The van der Waals surface area contributed by atoms with Gasteiger partial charge in [0.25, 0.3) is 0 Å². The Morgan fingerprint density at radius 3 is 2.63 bits per heavy atom. The number of esters is 1. The monoisotopic (exact) mass is 433 g/mol. The highest BCUT2D eigenvalue weighted by atomic mass is 35.5. The van der Waals surface area contributed by atoms with Crippen LogP contribution in [0.4, 0.5) is 5.13 Å². The maximum atomic E-state index is 12.2. The molecule has 1 aromatic heterocycles. The Morgan fingerprint density at radius 2 is 1.83 bits per heavy atom. The van der Waals surface area contributed by atoms with Crippen molar-refractivity contribution >= 4 is 40.3 Å². The van der Waals surface area contributed by atoms with Crippen molar-refractivity contribution < 1.29 is 9.53 Å². The number of rotatable bonds is 6. The number of hydrogen-bond donors (Lipinski definition) is 1. The summed E-state index contributed by atoms with van der Waals surface area (Å²) < 4.78 is 5.42. The molecule has 0 saturated carbocycles. The Hall–Kier alpha value is -3.48. The molecule has 0 radical (unpaired) electrons. The summed E-state index contributed by atoms with van der Waals surface area (Å²) in [6.07, 6.45) is 1.64. The first kappa shape index (κ1) is 19.8. The molecule has 3 aromatic carbocycles. The van der Waals surface area contributed by atoms with Crippen LogP contribution in [0.15, 0.2) is 89.3 Å². The lowest BCUT2D eigenvalue weighted by molar-refractivity contribution is 0.0735. The fraction of sp³-hybridized carbons (Fsp3) is 0. The Bertz CT molecular complexity index is 1170. The van der Waals surface area contributed by atoms with E-state index in [0.717, 1.165) is 16.8 Å². The van der Waals surface area contributed by atoms with Gasteiger partial charge in [-0.1, -0.05) is 54.1 Å². The zero-order valence-corrected chi connectivity index (χ0v) is 17.2. The molecule has 0 unspecified atom stereocenters. The minimum absolute atomic E-state index is 0.429. The highest BCUT2D eigenvalue weighted by molar-refractivity contribution is 7.14. The summed E-state index contributed by atoms with van der Waals surface area (Å²) in [7, 11) is 0. The number of nitrogens with zero attached hydrogens (tertiary/aromatic N) is 2. The lowest BCUT2D eigenvalue weighted by Crippen LogP contribution is -2.08. The topological polar surface area (TPSA) is 63.6 Å². The van der Waals surface area contributed by atoms with Crippen LogP contribution in [-0.2, 0) is 0 Å². The van der Waals surface area contributed by atoms with E-state index in [9.17, 15) is 4.79 Å². The average molecular weight is 434 g/mol. The fourth-order valence-corrected chi connectivity index (χ4v) is 3.43. The summed E-state index contributed by atoms with van der Waals surface area (Å²) in [5.74, 6) is -0.0189. The predicted octanol–water partition coefficient (Wildman–Crippen LogP) is 6.13. The van der Waals surface area contributed by atoms with Crippen molar-refractivity contribution in [1.29, 1.82) is 0 Å². The summed E-state index contributed by atoms with van der Waals surface area (Å²) in [5.41, 5.74) is 6.10. The number of thiazole rings is 1. The van der Waals surface area contributed by atoms with Crippen LogP contribution in [0.5, 0.6) is 5.75 Å². The molecule has 5 nitrogen and oxygen atoms in total. The van der Waals surface area contributed by atoms with E-state index in [-0.39, 0.29) is 0 Å². The number of hydrazone groups is 1. The van der Waals surface area contributed by atoms with Gasteiger partial charge < -0.3 is 4.74 Å². The van der Waals surface area contributed by atoms with Gasteiger partial charge in [0.2, 0.25) is 5.13 Å². The average Bonchev–Trinajstić information content (AvgIpc) is 3.24. The number of benzene rings is 3. The molecule has 0 amide bonds. The second-order valence-corrected chi connectivity index (χ2v) is 7.54. The summed E-state index contributed by atoms with van der Waals surface area (Å²) in [6.45, 7) is 0. The molecule has 0 spiro atoms. The zero-order chi connectivity index (χ0) is 20.8.